The third-order valence-corrected chi connectivity index (χ3v) is 4.72. The maximum absolute atomic E-state index is 12.6. The highest BCUT2D eigenvalue weighted by atomic mass is 16.1. The molecule has 7 heteroatoms. The number of carbonyl (C=O) groups is 1. The van der Waals surface area contributed by atoms with Gasteiger partial charge in [0.15, 0.2) is 0 Å². The molecule has 1 amide bonds. The Morgan fingerprint density at radius 1 is 1.07 bits per heavy atom. The average molecular weight is 360 g/mol. The van der Waals surface area contributed by atoms with Gasteiger partial charge < -0.3 is 5.32 Å². The fraction of sp³-hybridized carbons (Fsp3) is 0.200. The molecule has 1 unspecified atom stereocenters. The van der Waals surface area contributed by atoms with E-state index in [1.54, 1.807) is 24.4 Å². The second-order valence-electron chi connectivity index (χ2n) is 6.65. The summed E-state index contributed by atoms with van der Waals surface area (Å²) in [6, 6.07) is 13.3. The van der Waals surface area contributed by atoms with Crippen LogP contribution in [0.5, 0.6) is 0 Å². The first kappa shape index (κ1) is 17.0. The van der Waals surface area contributed by atoms with E-state index in [1.165, 1.54) is 5.56 Å². The van der Waals surface area contributed by atoms with Crippen molar-refractivity contribution >= 4 is 16.9 Å². The zero-order valence-electron chi connectivity index (χ0n) is 15.4. The number of fused-ring (bicyclic) bond motifs is 1. The Hall–Kier alpha value is -3.48. The maximum Gasteiger partial charge on any atom is 0.251 e. The SMILES string of the molecule is Cc1ccc(-n2ncc(C(C)NC(=O)c3ccc4n[nH]nc4c3)c2C)cc1. The van der Waals surface area contributed by atoms with Gasteiger partial charge in [0.05, 0.1) is 17.9 Å². The normalized spacial score (nSPS) is 12.3. The minimum atomic E-state index is -0.176. The molecule has 0 saturated carbocycles. The van der Waals surface area contributed by atoms with Crippen molar-refractivity contribution in [3.8, 4) is 5.69 Å². The number of H-pyrrole nitrogens is 1. The molecule has 0 aliphatic carbocycles. The molecule has 2 aromatic heterocycles. The number of hydrogen-bond donors (Lipinski definition) is 2. The fourth-order valence-electron chi connectivity index (χ4n) is 3.13. The molecular formula is C20H20N6O. The second kappa shape index (κ2) is 6.68. The molecule has 0 saturated heterocycles. The number of aromatic nitrogens is 5. The average Bonchev–Trinajstić information content (AvgIpc) is 3.28. The minimum Gasteiger partial charge on any atom is -0.345 e. The van der Waals surface area contributed by atoms with Gasteiger partial charge in [0.25, 0.3) is 5.91 Å². The van der Waals surface area contributed by atoms with Gasteiger partial charge in [0, 0.05) is 16.8 Å². The number of hydrogen-bond acceptors (Lipinski definition) is 4. The van der Waals surface area contributed by atoms with E-state index in [-0.39, 0.29) is 11.9 Å². The quantitative estimate of drug-likeness (QED) is 0.585. The zero-order valence-corrected chi connectivity index (χ0v) is 15.4. The lowest BCUT2D eigenvalue weighted by Gasteiger charge is -2.14. The van der Waals surface area contributed by atoms with Crippen molar-refractivity contribution in [2.75, 3.05) is 0 Å². The first-order chi connectivity index (χ1) is 13.0. The molecule has 2 N–H and O–H groups in total. The van der Waals surface area contributed by atoms with Gasteiger partial charge in [-0.05, 0) is 51.1 Å². The smallest absolute Gasteiger partial charge is 0.251 e. The van der Waals surface area contributed by atoms with Crippen molar-refractivity contribution in [3.05, 3.63) is 71.0 Å². The number of aryl methyl sites for hydroxylation is 1. The van der Waals surface area contributed by atoms with E-state index in [0.717, 1.165) is 22.5 Å². The molecule has 0 fully saturated rings. The summed E-state index contributed by atoms with van der Waals surface area (Å²) in [6.07, 6.45) is 1.81. The molecule has 27 heavy (non-hydrogen) atoms. The Bertz CT molecular complexity index is 1110. The molecule has 4 aromatic rings. The number of carbonyl (C=O) groups excluding carboxylic acids is 1. The number of rotatable bonds is 4. The molecule has 0 bridgehead atoms. The Kier molecular flexibility index (Phi) is 4.19. The van der Waals surface area contributed by atoms with Crippen LogP contribution < -0.4 is 5.32 Å². The van der Waals surface area contributed by atoms with Crippen LogP contribution in [0.3, 0.4) is 0 Å². The standard InChI is InChI=1S/C20H20N6O/c1-12-4-7-16(8-5-12)26-14(3)17(11-21-26)13(2)22-20(27)15-6-9-18-19(10-15)24-25-23-18/h4-11,13H,1-3H3,(H,22,27)(H,23,24,25). The highest BCUT2D eigenvalue weighted by molar-refractivity contribution is 5.97. The van der Waals surface area contributed by atoms with Crippen LogP contribution in [-0.2, 0) is 0 Å². The van der Waals surface area contributed by atoms with Crippen LogP contribution in [0.25, 0.3) is 16.7 Å². The Balaban J connectivity index is 1.55. The molecule has 2 heterocycles. The summed E-state index contributed by atoms with van der Waals surface area (Å²) in [7, 11) is 0. The van der Waals surface area contributed by atoms with Gasteiger partial charge in [-0.2, -0.15) is 20.5 Å². The van der Waals surface area contributed by atoms with Crippen molar-refractivity contribution in [1.82, 2.24) is 30.5 Å². The lowest BCUT2D eigenvalue weighted by atomic mass is 10.1. The molecule has 7 nitrogen and oxygen atoms in total. The van der Waals surface area contributed by atoms with Gasteiger partial charge >= 0.3 is 0 Å². The molecule has 0 aliphatic heterocycles. The van der Waals surface area contributed by atoms with Crippen LogP contribution in [0, 0.1) is 13.8 Å². The lowest BCUT2D eigenvalue weighted by molar-refractivity contribution is 0.0940. The third-order valence-electron chi connectivity index (χ3n) is 4.72. The molecule has 4 rings (SSSR count). The van der Waals surface area contributed by atoms with E-state index in [1.807, 2.05) is 30.7 Å². The van der Waals surface area contributed by atoms with Crippen LogP contribution in [0.2, 0.25) is 0 Å². The zero-order chi connectivity index (χ0) is 19.0. The monoisotopic (exact) mass is 360 g/mol. The first-order valence-corrected chi connectivity index (χ1v) is 8.76. The number of benzene rings is 2. The van der Waals surface area contributed by atoms with Crippen LogP contribution in [0.4, 0.5) is 0 Å². The second-order valence-corrected chi connectivity index (χ2v) is 6.65. The van der Waals surface area contributed by atoms with Gasteiger partial charge in [-0.3, -0.25) is 4.79 Å². The predicted molar refractivity (Wildman–Crippen MR) is 103 cm³/mol. The van der Waals surface area contributed by atoms with Gasteiger partial charge in [0.2, 0.25) is 0 Å². The van der Waals surface area contributed by atoms with E-state index >= 15 is 0 Å². The summed E-state index contributed by atoms with van der Waals surface area (Å²) >= 11 is 0. The summed E-state index contributed by atoms with van der Waals surface area (Å²) in [5.41, 5.74) is 6.12. The van der Waals surface area contributed by atoms with Crippen molar-refractivity contribution in [3.63, 3.8) is 0 Å². The highest BCUT2D eigenvalue weighted by Crippen LogP contribution is 2.21. The van der Waals surface area contributed by atoms with Crippen molar-refractivity contribution in [2.24, 2.45) is 0 Å². The van der Waals surface area contributed by atoms with Gasteiger partial charge in [0.1, 0.15) is 11.0 Å². The number of nitrogens with zero attached hydrogens (tertiary/aromatic N) is 4. The summed E-state index contributed by atoms with van der Waals surface area (Å²) in [6.45, 7) is 6.02. The summed E-state index contributed by atoms with van der Waals surface area (Å²) in [4.78, 5) is 12.6. The van der Waals surface area contributed by atoms with Gasteiger partial charge in [-0.25, -0.2) is 4.68 Å². The maximum atomic E-state index is 12.6. The Morgan fingerprint density at radius 3 is 2.59 bits per heavy atom. The van der Waals surface area contributed by atoms with E-state index in [2.05, 4.69) is 44.9 Å². The van der Waals surface area contributed by atoms with Gasteiger partial charge in [-0.1, -0.05) is 17.7 Å². The van der Waals surface area contributed by atoms with E-state index in [4.69, 9.17) is 0 Å². The largest absolute Gasteiger partial charge is 0.345 e. The molecule has 2 aromatic carbocycles. The van der Waals surface area contributed by atoms with Gasteiger partial charge in [-0.15, -0.1) is 0 Å². The summed E-state index contributed by atoms with van der Waals surface area (Å²) in [5.74, 6) is -0.158. The first-order valence-electron chi connectivity index (χ1n) is 8.76. The van der Waals surface area contributed by atoms with E-state index < -0.39 is 0 Å². The Morgan fingerprint density at radius 2 is 1.81 bits per heavy atom. The third kappa shape index (κ3) is 3.19. The van der Waals surface area contributed by atoms with Crippen molar-refractivity contribution < 1.29 is 4.79 Å². The van der Waals surface area contributed by atoms with E-state index in [0.29, 0.717) is 11.1 Å². The summed E-state index contributed by atoms with van der Waals surface area (Å²) < 4.78 is 1.89. The topological polar surface area (TPSA) is 88.5 Å². The van der Waals surface area contributed by atoms with Crippen molar-refractivity contribution in [2.45, 2.75) is 26.8 Å². The Labute approximate surface area is 156 Å². The molecular weight excluding hydrogens is 340 g/mol. The van der Waals surface area contributed by atoms with E-state index in [9.17, 15) is 4.79 Å². The van der Waals surface area contributed by atoms with Crippen molar-refractivity contribution in [1.29, 1.82) is 0 Å². The number of aromatic amines is 1. The molecule has 0 radical (unpaired) electrons. The molecule has 0 spiro atoms. The number of amides is 1. The fourth-order valence-corrected chi connectivity index (χ4v) is 3.13. The molecule has 1 atom stereocenters. The minimum absolute atomic E-state index is 0.158. The lowest BCUT2D eigenvalue weighted by Crippen LogP contribution is -2.26. The van der Waals surface area contributed by atoms with Crippen LogP contribution in [0.15, 0.2) is 48.7 Å². The predicted octanol–water partition coefficient (Wildman–Crippen LogP) is 3.25. The molecule has 136 valence electrons. The molecule has 0 aliphatic rings. The number of nitrogens with one attached hydrogen (secondary N) is 2. The van der Waals surface area contributed by atoms with Crippen LogP contribution >= 0.6 is 0 Å². The van der Waals surface area contributed by atoms with Crippen LogP contribution in [-0.4, -0.2) is 31.1 Å². The highest BCUT2D eigenvalue weighted by Gasteiger charge is 2.17. The van der Waals surface area contributed by atoms with Crippen LogP contribution in [0.1, 0.15) is 40.1 Å². The summed E-state index contributed by atoms with van der Waals surface area (Å²) in [5, 5.41) is 18.1.